The van der Waals surface area contributed by atoms with E-state index < -0.39 is 0 Å². The lowest BCUT2D eigenvalue weighted by molar-refractivity contribution is 0.471. The van der Waals surface area contributed by atoms with E-state index in [4.69, 9.17) is 22.4 Å². The molecule has 4 nitrogen and oxygen atoms in total. The molecular weight excluding hydrogens is 298 g/mol. The number of anilines is 1. The Morgan fingerprint density at radius 2 is 2.05 bits per heavy atom. The average Bonchev–Trinajstić information content (AvgIpc) is 2.81. The van der Waals surface area contributed by atoms with E-state index in [2.05, 4.69) is 11.9 Å². The third-order valence-electron chi connectivity index (χ3n) is 3.54. The molecule has 0 fully saturated rings. The number of nitrogens with two attached hydrogens (primary N) is 1. The van der Waals surface area contributed by atoms with Crippen LogP contribution in [-0.4, -0.2) is 14.7 Å². The first-order valence-corrected chi connectivity index (χ1v) is 7.91. The molecule has 2 aromatic rings. The zero-order valence-corrected chi connectivity index (χ0v) is 13.6. The molecule has 1 heterocycles. The summed E-state index contributed by atoms with van der Waals surface area (Å²) < 4.78 is 2.04. The third-order valence-corrected chi connectivity index (χ3v) is 3.96. The highest BCUT2D eigenvalue weighted by molar-refractivity contribution is 6.30. The summed E-state index contributed by atoms with van der Waals surface area (Å²) in [5, 5.41) is 9.47. The maximum Gasteiger partial charge on any atom is 0.132 e. The molecule has 1 aromatic carbocycles. The topological polar surface area (TPSA) is 64.1 Å². The smallest absolute Gasteiger partial charge is 0.132 e. The highest BCUT2D eigenvalue weighted by atomic mass is 35.5. The number of hydrogen-bond acceptors (Lipinski definition) is 3. The molecule has 0 aliphatic carbocycles. The first kappa shape index (κ1) is 16.4. The highest BCUT2D eigenvalue weighted by Gasteiger charge is 2.14. The number of hydrogen-bond donors (Lipinski definition) is 2. The molecule has 0 saturated carbocycles. The van der Waals surface area contributed by atoms with Gasteiger partial charge in [0.05, 0.1) is 18.5 Å². The lowest BCUT2D eigenvalue weighted by atomic mass is 10.2. The van der Waals surface area contributed by atoms with Crippen molar-refractivity contribution in [2.24, 2.45) is 0 Å². The van der Waals surface area contributed by atoms with Crippen molar-refractivity contribution < 1.29 is 5.11 Å². The molecule has 0 spiro atoms. The number of benzene rings is 1. The summed E-state index contributed by atoms with van der Waals surface area (Å²) in [6, 6.07) is 7.79. The van der Waals surface area contributed by atoms with Crippen LogP contribution in [0.5, 0.6) is 0 Å². The molecule has 118 valence electrons. The number of imidazole rings is 1. The summed E-state index contributed by atoms with van der Waals surface area (Å²) in [5.74, 6) is 0.991. The van der Waals surface area contributed by atoms with Crippen LogP contribution in [0, 0.1) is 0 Å². The van der Waals surface area contributed by atoms with Crippen LogP contribution in [0.4, 0.5) is 5.69 Å². The molecule has 22 heavy (non-hydrogen) atoms. The molecule has 0 atom stereocenters. The van der Waals surface area contributed by atoms with E-state index in [9.17, 15) is 0 Å². The van der Waals surface area contributed by atoms with Crippen molar-refractivity contribution in [1.82, 2.24) is 9.55 Å². The Kier molecular flexibility index (Phi) is 5.90. The second kappa shape index (κ2) is 7.90. The average molecular weight is 320 g/mol. The molecular formula is C17H22ClN3O. The number of rotatable bonds is 7. The van der Waals surface area contributed by atoms with E-state index in [-0.39, 0.29) is 0 Å². The monoisotopic (exact) mass is 319 g/mol. The minimum Gasteiger partial charge on any atom is -0.516 e. The van der Waals surface area contributed by atoms with E-state index in [1.54, 1.807) is 6.08 Å². The molecule has 1 aromatic heterocycles. The second-order valence-corrected chi connectivity index (χ2v) is 5.64. The number of nitrogens with zero attached hydrogens (tertiary/aromatic N) is 2. The zero-order valence-electron chi connectivity index (χ0n) is 12.8. The van der Waals surface area contributed by atoms with Crippen LogP contribution in [0.2, 0.25) is 5.15 Å². The Balaban J connectivity index is 2.29. The first-order chi connectivity index (χ1) is 10.7. The lowest BCUT2D eigenvalue weighted by Gasteiger charge is -2.09. The summed E-state index contributed by atoms with van der Waals surface area (Å²) in [5.41, 5.74) is 8.41. The molecule has 0 radical (unpaired) electrons. The number of aliphatic hydroxyl groups is 1. The quantitative estimate of drug-likeness (QED) is 0.596. The molecule has 0 aliphatic rings. The number of allylic oxidation sites excluding steroid dienone is 1. The number of unbranched alkanes of at least 4 members (excludes halogenated alkanes) is 1. The first-order valence-electron chi connectivity index (χ1n) is 7.53. The van der Waals surface area contributed by atoms with Gasteiger partial charge >= 0.3 is 0 Å². The van der Waals surface area contributed by atoms with Gasteiger partial charge in [-0.15, -0.1) is 0 Å². The largest absolute Gasteiger partial charge is 0.516 e. The van der Waals surface area contributed by atoms with E-state index in [0.29, 0.717) is 18.1 Å². The molecule has 2 rings (SSSR count). The molecule has 0 amide bonds. The van der Waals surface area contributed by atoms with E-state index >= 15 is 0 Å². The van der Waals surface area contributed by atoms with Crippen LogP contribution in [0.25, 0.3) is 0 Å². The number of aryl methyl sites for hydroxylation is 1. The Bertz CT molecular complexity index is 632. The van der Waals surface area contributed by atoms with E-state index in [0.717, 1.165) is 48.3 Å². The fraction of sp³-hybridized carbons (Fsp3) is 0.353. The van der Waals surface area contributed by atoms with Gasteiger partial charge in [0.15, 0.2) is 0 Å². The molecule has 3 N–H and O–H groups in total. The van der Waals surface area contributed by atoms with Crippen molar-refractivity contribution in [3.63, 3.8) is 0 Å². The lowest BCUT2D eigenvalue weighted by Crippen LogP contribution is -2.05. The van der Waals surface area contributed by atoms with Gasteiger partial charge in [-0.1, -0.05) is 37.1 Å². The van der Waals surface area contributed by atoms with Gasteiger partial charge in [0.25, 0.3) is 0 Å². The standard InChI is InChI=1S/C17H22ClN3O/c1-2-3-6-16-20-15(5-4-11-22)17(18)21(16)12-13-7-9-14(19)10-8-13/h4,7-11,22H,2-3,5-6,12,19H2,1H3. The van der Waals surface area contributed by atoms with Crippen molar-refractivity contribution in [1.29, 1.82) is 0 Å². The number of aromatic nitrogens is 2. The summed E-state index contributed by atoms with van der Waals surface area (Å²) in [4.78, 5) is 4.64. The number of aliphatic hydroxyl groups excluding tert-OH is 1. The molecule has 0 saturated heterocycles. The Morgan fingerprint density at radius 3 is 2.68 bits per heavy atom. The van der Waals surface area contributed by atoms with Crippen LogP contribution in [-0.2, 0) is 19.4 Å². The Labute approximate surface area is 136 Å². The minimum atomic E-state index is 0.531. The molecule has 0 aliphatic heterocycles. The van der Waals surface area contributed by atoms with Gasteiger partial charge in [0, 0.05) is 18.5 Å². The van der Waals surface area contributed by atoms with Crippen molar-refractivity contribution in [3.05, 3.63) is 58.8 Å². The predicted molar refractivity (Wildman–Crippen MR) is 91.3 cm³/mol. The highest BCUT2D eigenvalue weighted by Crippen LogP contribution is 2.22. The van der Waals surface area contributed by atoms with Gasteiger partial charge in [-0.05, 0) is 30.2 Å². The van der Waals surface area contributed by atoms with Gasteiger partial charge < -0.3 is 15.4 Å². The van der Waals surface area contributed by atoms with Gasteiger partial charge in [-0.3, -0.25) is 0 Å². The molecule has 0 unspecified atom stereocenters. The van der Waals surface area contributed by atoms with Crippen molar-refractivity contribution >= 4 is 17.3 Å². The SMILES string of the molecule is CCCCc1nc(CC=CO)c(Cl)n1Cc1ccc(N)cc1. The fourth-order valence-corrected chi connectivity index (χ4v) is 2.59. The van der Waals surface area contributed by atoms with Crippen molar-refractivity contribution in [3.8, 4) is 0 Å². The fourth-order valence-electron chi connectivity index (χ4n) is 2.32. The van der Waals surface area contributed by atoms with Crippen molar-refractivity contribution in [2.45, 2.75) is 39.2 Å². The summed E-state index contributed by atoms with van der Waals surface area (Å²) in [6.45, 7) is 2.83. The summed E-state index contributed by atoms with van der Waals surface area (Å²) in [6.07, 6.45) is 6.28. The van der Waals surface area contributed by atoms with Gasteiger partial charge in [-0.2, -0.15) is 0 Å². The summed E-state index contributed by atoms with van der Waals surface area (Å²) >= 11 is 6.49. The maximum atomic E-state index is 8.83. The zero-order chi connectivity index (χ0) is 15.9. The van der Waals surface area contributed by atoms with Gasteiger partial charge in [0.2, 0.25) is 0 Å². The Hall–Kier alpha value is -1.94. The number of halogens is 1. The van der Waals surface area contributed by atoms with E-state index in [1.807, 2.05) is 28.8 Å². The molecule has 5 heteroatoms. The minimum absolute atomic E-state index is 0.531. The maximum absolute atomic E-state index is 8.83. The third kappa shape index (κ3) is 4.04. The van der Waals surface area contributed by atoms with Gasteiger partial charge in [0.1, 0.15) is 11.0 Å². The Morgan fingerprint density at radius 1 is 1.32 bits per heavy atom. The van der Waals surface area contributed by atoms with Crippen molar-refractivity contribution in [2.75, 3.05) is 5.73 Å². The van der Waals surface area contributed by atoms with E-state index in [1.165, 1.54) is 0 Å². The second-order valence-electron chi connectivity index (χ2n) is 5.29. The van der Waals surface area contributed by atoms with Gasteiger partial charge in [-0.25, -0.2) is 4.98 Å². The van der Waals surface area contributed by atoms with Crippen LogP contribution in [0.1, 0.15) is 36.8 Å². The number of nitrogen functional groups attached to an aromatic ring is 1. The molecule has 0 bridgehead atoms. The normalized spacial score (nSPS) is 11.4. The summed E-state index contributed by atoms with van der Waals surface area (Å²) in [7, 11) is 0. The van der Waals surface area contributed by atoms with Crippen LogP contribution in [0.3, 0.4) is 0 Å². The predicted octanol–water partition coefficient (Wildman–Crippen LogP) is 4.12. The van der Waals surface area contributed by atoms with Crippen LogP contribution >= 0.6 is 11.6 Å². The van der Waals surface area contributed by atoms with Crippen LogP contribution in [0.15, 0.2) is 36.6 Å². The van der Waals surface area contributed by atoms with Crippen LogP contribution < -0.4 is 5.73 Å².